The summed E-state index contributed by atoms with van der Waals surface area (Å²) in [6.45, 7) is 4.52. The Bertz CT molecular complexity index is 978. The lowest BCUT2D eigenvalue weighted by atomic mass is 10.2. The number of methoxy groups -OCH3 is 1. The van der Waals surface area contributed by atoms with Crippen molar-refractivity contribution >= 4 is 38.9 Å². The van der Waals surface area contributed by atoms with Crippen molar-refractivity contribution in [3.8, 4) is 17.2 Å². The van der Waals surface area contributed by atoms with Crippen LogP contribution in [-0.2, 0) is 10.0 Å². The molecule has 1 aliphatic rings. The Kier molecular flexibility index (Phi) is 5.74. The molecule has 3 rings (SSSR count). The second kappa shape index (κ2) is 7.88. The third-order valence-electron chi connectivity index (χ3n) is 3.91. The number of fused-ring (bicyclic) bond motifs is 1. The molecule has 0 saturated carbocycles. The first-order valence-electron chi connectivity index (χ1n) is 7.95. The number of hydrogen-bond acceptors (Lipinski definition) is 5. The van der Waals surface area contributed by atoms with Gasteiger partial charge >= 0.3 is 0 Å². The summed E-state index contributed by atoms with van der Waals surface area (Å²) in [5.74, 6) is 1.32. The molecule has 0 spiro atoms. The number of sulfonamides is 1. The molecule has 0 N–H and O–H groups in total. The number of nitrogens with zero attached hydrogens (tertiary/aromatic N) is 1. The molecule has 0 unspecified atom stereocenters. The minimum absolute atomic E-state index is 0.0287. The molecule has 144 valence electrons. The van der Waals surface area contributed by atoms with E-state index in [1.807, 2.05) is 0 Å². The maximum Gasteiger partial charge on any atom is 0.266 e. The average molecular weight is 430 g/mol. The van der Waals surface area contributed by atoms with Crippen LogP contribution in [0.3, 0.4) is 0 Å². The molecule has 0 aliphatic carbocycles. The molecule has 1 aliphatic heterocycles. The predicted molar refractivity (Wildman–Crippen MR) is 105 cm³/mol. The summed E-state index contributed by atoms with van der Waals surface area (Å²) in [7, 11) is -2.61. The third-order valence-corrected chi connectivity index (χ3v) is 6.72. The smallest absolute Gasteiger partial charge is 0.266 e. The van der Waals surface area contributed by atoms with Gasteiger partial charge in [-0.05, 0) is 24.3 Å². The summed E-state index contributed by atoms with van der Waals surface area (Å²) in [5, 5.41) is -0.0800. The monoisotopic (exact) mass is 429 g/mol. The van der Waals surface area contributed by atoms with Crippen LogP contribution in [0.25, 0.3) is 0 Å². The molecule has 0 bridgehead atoms. The first-order chi connectivity index (χ1) is 12.9. The fourth-order valence-electron chi connectivity index (χ4n) is 2.64. The molecule has 27 heavy (non-hydrogen) atoms. The van der Waals surface area contributed by atoms with Crippen molar-refractivity contribution in [3.05, 3.63) is 53.0 Å². The third kappa shape index (κ3) is 3.67. The largest absolute Gasteiger partial charge is 0.495 e. The number of anilines is 1. The van der Waals surface area contributed by atoms with Crippen molar-refractivity contribution in [1.29, 1.82) is 0 Å². The Balaban J connectivity index is 2.09. The Morgan fingerprint density at radius 3 is 2.52 bits per heavy atom. The Morgan fingerprint density at radius 1 is 1.15 bits per heavy atom. The maximum atomic E-state index is 13.3. The van der Waals surface area contributed by atoms with Gasteiger partial charge in [-0.1, -0.05) is 29.3 Å². The van der Waals surface area contributed by atoms with Crippen LogP contribution in [0, 0.1) is 0 Å². The maximum absolute atomic E-state index is 13.3. The average Bonchev–Trinajstić information content (AvgIpc) is 2.67. The first-order valence-corrected chi connectivity index (χ1v) is 10.1. The molecule has 2 aromatic rings. The molecule has 0 atom stereocenters. The van der Waals surface area contributed by atoms with Gasteiger partial charge in [-0.3, -0.25) is 4.31 Å². The molecule has 6 nitrogen and oxygen atoms in total. The number of rotatable bonds is 6. The minimum atomic E-state index is -4.03. The zero-order valence-electron chi connectivity index (χ0n) is 14.4. The molecule has 9 heteroatoms. The van der Waals surface area contributed by atoms with Gasteiger partial charge in [-0.25, -0.2) is 8.42 Å². The van der Waals surface area contributed by atoms with Gasteiger partial charge in [0, 0.05) is 6.07 Å². The van der Waals surface area contributed by atoms with Crippen molar-refractivity contribution < 1.29 is 22.6 Å². The number of halogens is 2. The van der Waals surface area contributed by atoms with E-state index in [0.717, 1.165) is 0 Å². The van der Waals surface area contributed by atoms with Crippen LogP contribution in [0.15, 0.2) is 47.9 Å². The highest BCUT2D eigenvalue weighted by Crippen LogP contribution is 2.40. The molecule has 0 aromatic heterocycles. The Hall–Kier alpha value is -2.09. The van der Waals surface area contributed by atoms with Gasteiger partial charge in [-0.2, -0.15) is 0 Å². The topological polar surface area (TPSA) is 65.1 Å². The second-order valence-electron chi connectivity index (χ2n) is 5.55. The van der Waals surface area contributed by atoms with Crippen molar-refractivity contribution in [2.45, 2.75) is 4.90 Å². The van der Waals surface area contributed by atoms with Crippen LogP contribution in [0.1, 0.15) is 0 Å². The molecule has 1 heterocycles. The summed E-state index contributed by atoms with van der Waals surface area (Å²) in [4.78, 5) is -0.133. The van der Waals surface area contributed by atoms with Gasteiger partial charge in [-0.15, -0.1) is 6.58 Å². The lowest BCUT2D eigenvalue weighted by molar-refractivity contribution is 0.171. The SMILES string of the molecule is C=CCN(c1ccc2c(c1)OCCO2)S(=O)(=O)c1ccc(OC)c(Cl)c1Cl. The molecule has 0 amide bonds. The van der Waals surface area contributed by atoms with Crippen molar-refractivity contribution in [2.75, 3.05) is 31.2 Å². The summed E-state index contributed by atoms with van der Waals surface area (Å²) >= 11 is 12.4. The first kappa shape index (κ1) is 19.7. The molecular weight excluding hydrogens is 413 g/mol. The summed E-state index contributed by atoms with van der Waals surface area (Å²) < 4.78 is 43.8. The van der Waals surface area contributed by atoms with Crippen molar-refractivity contribution in [2.24, 2.45) is 0 Å². The number of hydrogen-bond donors (Lipinski definition) is 0. The highest BCUT2D eigenvalue weighted by atomic mass is 35.5. The van der Waals surface area contributed by atoms with E-state index in [2.05, 4.69) is 6.58 Å². The van der Waals surface area contributed by atoms with Crippen LogP contribution in [-0.4, -0.2) is 35.3 Å². The van der Waals surface area contributed by atoms with Gasteiger partial charge in [0.25, 0.3) is 10.0 Å². The van der Waals surface area contributed by atoms with E-state index >= 15 is 0 Å². The number of benzene rings is 2. The summed E-state index contributed by atoms with van der Waals surface area (Å²) in [6, 6.07) is 7.72. The van der Waals surface area contributed by atoms with Gasteiger partial charge in [0.2, 0.25) is 0 Å². The highest BCUT2D eigenvalue weighted by molar-refractivity contribution is 7.93. The Labute approximate surface area is 167 Å². The molecule has 0 fully saturated rings. The van der Waals surface area contributed by atoms with E-state index in [4.69, 9.17) is 37.4 Å². The predicted octanol–water partition coefficient (Wildman–Crippen LogP) is 4.15. The van der Waals surface area contributed by atoms with Gasteiger partial charge in [0.05, 0.1) is 24.4 Å². The normalized spacial score (nSPS) is 13.1. The van der Waals surface area contributed by atoms with Crippen LogP contribution in [0.2, 0.25) is 10.0 Å². The fraction of sp³-hybridized carbons (Fsp3) is 0.222. The second-order valence-corrected chi connectivity index (χ2v) is 8.13. The van der Waals surface area contributed by atoms with Crippen LogP contribution < -0.4 is 18.5 Å². The van der Waals surface area contributed by atoms with Gasteiger partial charge in [0.1, 0.15) is 28.9 Å². The van der Waals surface area contributed by atoms with E-state index in [1.165, 1.54) is 29.6 Å². The van der Waals surface area contributed by atoms with Crippen molar-refractivity contribution in [3.63, 3.8) is 0 Å². The zero-order valence-corrected chi connectivity index (χ0v) is 16.8. The van der Waals surface area contributed by atoms with Crippen molar-refractivity contribution in [1.82, 2.24) is 0 Å². The molecule has 2 aromatic carbocycles. The van der Waals surface area contributed by atoms with Crippen LogP contribution >= 0.6 is 23.2 Å². The summed E-state index contributed by atoms with van der Waals surface area (Å²) in [5.41, 5.74) is 0.391. The molecule has 0 saturated heterocycles. The quantitative estimate of drug-likeness (QED) is 0.645. The van der Waals surface area contributed by atoms with E-state index in [1.54, 1.807) is 18.2 Å². The van der Waals surface area contributed by atoms with Crippen LogP contribution in [0.4, 0.5) is 5.69 Å². The lowest BCUT2D eigenvalue weighted by Crippen LogP contribution is -2.31. The standard InChI is InChI=1S/C18H17Cl2NO5S/c1-3-8-21(12-4-5-13-15(11-12)26-10-9-25-13)27(22,23)16-7-6-14(24-2)17(19)18(16)20/h3-7,11H,1,8-10H2,2H3. The van der Waals surface area contributed by atoms with E-state index < -0.39 is 10.0 Å². The molecule has 0 radical (unpaired) electrons. The summed E-state index contributed by atoms with van der Waals surface area (Å²) in [6.07, 6.45) is 1.48. The van der Waals surface area contributed by atoms with E-state index in [-0.39, 0.29) is 27.2 Å². The van der Waals surface area contributed by atoms with E-state index in [0.29, 0.717) is 30.4 Å². The molecular formula is C18H17Cl2NO5S. The lowest BCUT2D eigenvalue weighted by Gasteiger charge is -2.26. The Morgan fingerprint density at radius 2 is 1.85 bits per heavy atom. The van der Waals surface area contributed by atoms with Gasteiger partial charge < -0.3 is 14.2 Å². The van der Waals surface area contributed by atoms with Crippen LogP contribution in [0.5, 0.6) is 17.2 Å². The van der Waals surface area contributed by atoms with Gasteiger partial charge in [0.15, 0.2) is 11.5 Å². The highest BCUT2D eigenvalue weighted by Gasteiger charge is 2.29. The number of ether oxygens (including phenoxy) is 3. The fourth-order valence-corrected chi connectivity index (χ4v) is 4.88. The van der Waals surface area contributed by atoms with E-state index in [9.17, 15) is 8.42 Å². The zero-order chi connectivity index (χ0) is 19.6. The minimum Gasteiger partial charge on any atom is -0.495 e.